The number of rotatable bonds is 8. The molecule has 0 spiro atoms. The van der Waals surface area contributed by atoms with Gasteiger partial charge in [0.1, 0.15) is 0 Å². The van der Waals surface area contributed by atoms with Crippen LogP contribution < -0.4 is 0 Å². The van der Waals surface area contributed by atoms with Gasteiger partial charge in [0, 0.05) is 38.5 Å². The number of nitrogens with zero attached hydrogens (tertiary/aromatic N) is 3. The Labute approximate surface area is 151 Å². The van der Waals surface area contributed by atoms with Crippen molar-refractivity contribution < 1.29 is 5.11 Å². The van der Waals surface area contributed by atoms with Crippen LogP contribution in [0.2, 0.25) is 0 Å². The second kappa shape index (κ2) is 9.62. The first-order chi connectivity index (χ1) is 11.6. The normalized spacial score (nSPS) is 22.2. The standard InChI is InChI=1S/C19H31N3OS/c1-17(2)19(16-20,18-5-3-14-24-15-18)6-4-7-21-8-10-22(11-9-21)12-13-23/h3,5,14,17,23H,4,6-13,15H2,1-2H3. The summed E-state index contributed by atoms with van der Waals surface area (Å²) < 4.78 is 0. The highest BCUT2D eigenvalue weighted by Gasteiger charge is 2.37. The van der Waals surface area contributed by atoms with Crippen LogP contribution in [0.4, 0.5) is 0 Å². The highest BCUT2D eigenvalue weighted by Crippen LogP contribution is 2.42. The van der Waals surface area contributed by atoms with E-state index in [0.29, 0.717) is 5.92 Å². The predicted octanol–water partition coefficient (Wildman–Crippen LogP) is 2.73. The highest BCUT2D eigenvalue weighted by molar-refractivity contribution is 8.02. The summed E-state index contributed by atoms with van der Waals surface area (Å²) in [4.78, 5) is 4.82. The minimum absolute atomic E-state index is 0.251. The van der Waals surface area contributed by atoms with Crippen molar-refractivity contribution >= 4 is 11.8 Å². The summed E-state index contributed by atoms with van der Waals surface area (Å²) in [6.45, 7) is 10.7. The van der Waals surface area contributed by atoms with Crippen LogP contribution in [0.15, 0.2) is 23.1 Å². The summed E-state index contributed by atoms with van der Waals surface area (Å²) in [7, 11) is 0. The summed E-state index contributed by atoms with van der Waals surface area (Å²) in [5, 5.41) is 21.1. The van der Waals surface area contributed by atoms with Gasteiger partial charge in [0.15, 0.2) is 0 Å². The zero-order valence-electron chi connectivity index (χ0n) is 15.1. The molecule has 1 atom stereocenters. The van der Waals surface area contributed by atoms with Crippen molar-refractivity contribution in [1.82, 2.24) is 9.80 Å². The number of piperazine rings is 1. The van der Waals surface area contributed by atoms with Gasteiger partial charge in [-0.2, -0.15) is 5.26 Å². The Kier molecular flexibility index (Phi) is 7.83. The van der Waals surface area contributed by atoms with E-state index in [2.05, 4.69) is 47.3 Å². The van der Waals surface area contributed by atoms with Gasteiger partial charge in [-0.05, 0) is 36.3 Å². The molecule has 0 bridgehead atoms. The third-order valence-electron chi connectivity index (χ3n) is 5.40. The van der Waals surface area contributed by atoms with E-state index in [1.54, 1.807) is 11.8 Å². The van der Waals surface area contributed by atoms with E-state index < -0.39 is 0 Å². The number of allylic oxidation sites excluding steroid dienone is 2. The molecule has 1 N–H and O–H groups in total. The molecule has 0 aromatic heterocycles. The molecule has 24 heavy (non-hydrogen) atoms. The first kappa shape index (κ1) is 19.5. The van der Waals surface area contributed by atoms with Crippen LogP contribution in [0.25, 0.3) is 0 Å². The quantitative estimate of drug-likeness (QED) is 0.730. The van der Waals surface area contributed by atoms with Gasteiger partial charge in [0.25, 0.3) is 0 Å². The predicted molar refractivity (Wildman–Crippen MR) is 102 cm³/mol. The fourth-order valence-corrected chi connectivity index (χ4v) is 4.53. The first-order valence-electron chi connectivity index (χ1n) is 9.07. The van der Waals surface area contributed by atoms with Crippen LogP contribution >= 0.6 is 11.8 Å². The summed E-state index contributed by atoms with van der Waals surface area (Å²) in [5.41, 5.74) is 0.969. The molecule has 4 nitrogen and oxygen atoms in total. The third-order valence-corrected chi connectivity index (χ3v) is 6.22. The van der Waals surface area contributed by atoms with E-state index >= 15 is 0 Å². The van der Waals surface area contributed by atoms with E-state index in [1.807, 2.05) is 0 Å². The van der Waals surface area contributed by atoms with Crippen molar-refractivity contribution in [2.45, 2.75) is 26.7 Å². The molecule has 0 amide bonds. The zero-order valence-corrected chi connectivity index (χ0v) is 15.9. The van der Waals surface area contributed by atoms with Gasteiger partial charge in [0.05, 0.1) is 18.1 Å². The average molecular weight is 350 g/mol. The molecule has 0 aromatic carbocycles. The molecule has 2 aliphatic rings. The molecule has 2 aliphatic heterocycles. The van der Waals surface area contributed by atoms with Gasteiger partial charge in [-0.15, -0.1) is 11.8 Å². The van der Waals surface area contributed by atoms with Crippen molar-refractivity contribution in [3.8, 4) is 6.07 Å². The highest BCUT2D eigenvalue weighted by atomic mass is 32.2. The molecular weight excluding hydrogens is 318 g/mol. The molecule has 1 saturated heterocycles. The van der Waals surface area contributed by atoms with E-state index in [4.69, 9.17) is 5.11 Å². The summed E-state index contributed by atoms with van der Waals surface area (Å²) in [5.74, 6) is 1.28. The second-order valence-electron chi connectivity index (χ2n) is 7.08. The van der Waals surface area contributed by atoms with Gasteiger partial charge in [-0.3, -0.25) is 4.90 Å². The zero-order chi connectivity index (χ0) is 17.4. The third kappa shape index (κ3) is 4.86. The molecule has 0 radical (unpaired) electrons. The molecule has 1 fully saturated rings. The number of hydrogen-bond donors (Lipinski definition) is 1. The van der Waals surface area contributed by atoms with Crippen LogP contribution in [0, 0.1) is 22.7 Å². The van der Waals surface area contributed by atoms with Crippen molar-refractivity contribution in [3.63, 3.8) is 0 Å². The fourth-order valence-electron chi connectivity index (χ4n) is 3.71. The SMILES string of the molecule is CC(C)C(C#N)(CCCN1CCN(CCO)CC1)C1=CC=CSC1. The van der Waals surface area contributed by atoms with E-state index in [1.165, 1.54) is 5.57 Å². The lowest BCUT2D eigenvalue weighted by atomic mass is 9.69. The maximum atomic E-state index is 9.96. The Balaban J connectivity index is 1.87. The Hall–Kier alpha value is -0.800. The van der Waals surface area contributed by atoms with Gasteiger partial charge in [-0.1, -0.05) is 26.0 Å². The smallest absolute Gasteiger partial charge is 0.0817 e. The molecule has 0 aromatic rings. The summed E-state index contributed by atoms with van der Waals surface area (Å²) in [6, 6.07) is 2.68. The number of aliphatic hydroxyl groups is 1. The molecule has 134 valence electrons. The Bertz CT molecular complexity index is 489. The average Bonchev–Trinajstić information content (AvgIpc) is 2.61. The van der Waals surface area contributed by atoms with Gasteiger partial charge < -0.3 is 10.0 Å². The van der Waals surface area contributed by atoms with E-state index in [9.17, 15) is 5.26 Å². The van der Waals surface area contributed by atoms with Crippen molar-refractivity contribution in [2.75, 3.05) is 51.6 Å². The molecule has 1 unspecified atom stereocenters. The lowest BCUT2D eigenvalue weighted by Gasteiger charge is -2.37. The number of thioether (sulfide) groups is 1. The summed E-state index contributed by atoms with van der Waals surface area (Å²) in [6.07, 6.45) is 6.25. The van der Waals surface area contributed by atoms with Crippen molar-refractivity contribution in [2.24, 2.45) is 11.3 Å². The van der Waals surface area contributed by atoms with Gasteiger partial charge in [-0.25, -0.2) is 0 Å². The number of hydrogen-bond acceptors (Lipinski definition) is 5. The van der Waals surface area contributed by atoms with E-state index in [-0.39, 0.29) is 12.0 Å². The minimum Gasteiger partial charge on any atom is -0.395 e. The number of β-amino-alcohol motifs (C(OH)–C–C–N with tert-alkyl or cyclic N) is 1. The number of nitriles is 1. The molecule has 2 rings (SSSR count). The number of aliphatic hydroxyl groups excluding tert-OH is 1. The van der Waals surface area contributed by atoms with Gasteiger partial charge >= 0.3 is 0 Å². The lowest BCUT2D eigenvalue weighted by Crippen LogP contribution is -2.47. The van der Waals surface area contributed by atoms with Crippen LogP contribution in [0.5, 0.6) is 0 Å². The fraction of sp³-hybridized carbons (Fsp3) is 0.737. The maximum absolute atomic E-state index is 9.96. The minimum atomic E-state index is -0.323. The van der Waals surface area contributed by atoms with Crippen molar-refractivity contribution in [3.05, 3.63) is 23.1 Å². The van der Waals surface area contributed by atoms with Gasteiger partial charge in [0.2, 0.25) is 0 Å². The molecule has 5 heteroatoms. The Morgan fingerprint density at radius 2 is 1.92 bits per heavy atom. The van der Waals surface area contributed by atoms with Crippen LogP contribution in [-0.4, -0.2) is 66.5 Å². The van der Waals surface area contributed by atoms with Crippen molar-refractivity contribution in [1.29, 1.82) is 5.26 Å². The molecular formula is C19H31N3OS. The van der Waals surface area contributed by atoms with Crippen LogP contribution in [-0.2, 0) is 0 Å². The Morgan fingerprint density at radius 1 is 1.25 bits per heavy atom. The topological polar surface area (TPSA) is 50.5 Å². The maximum Gasteiger partial charge on any atom is 0.0817 e. The Morgan fingerprint density at radius 3 is 2.42 bits per heavy atom. The van der Waals surface area contributed by atoms with Crippen LogP contribution in [0.1, 0.15) is 26.7 Å². The van der Waals surface area contributed by atoms with E-state index in [0.717, 1.165) is 57.9 Å². The first-order valence-corrected chi connectivity index (χ1v) is 10.1. The summed E-state index contributed by atoms with van der Waals surface area (Å²) >= 11 is 1.79. The largest absolute Gasteiger partial charge is 0.395 e. The molecule has 0 saturated carbocycles. The lowest BCUT2D eigenvalue weighted by molar-refractivity contribution is 0.109. The second-order valence-corrected chi connectivity index (χ2v) is 7.97. The molecule has 0 aliphatic carbocycles. The van der Waals surface area contributed by atoms with Crippen LogP contribution in [0.3, 0.4) is 0 Å². The molecule has 2 heterocycles. The monoisotopic (exact) mass is 349 g/mol.